The number of benzene rings is 1. The maximum atomic E-state index is 10.8. The van der Waals surface area contributed by atoms with Crippen molar-refractivity contribution < 1.29 is 4.92 Å². The van der Waals surface area contributed by atoms with E-state index in [1.807, 2.05) is 0 Å². The molecule has 1 rings (SSSR count). The van der Waals surface area contributed by atoms with Gasteiger partial charge in [-0.3, -0.25) is 10.1 Å². The van der Waals surface area contributed by atoms with Gasteiger partial charge >= 0.3 is 0 Å². The van der Waals surface area contributed by atoms with Gasteiger partial charge in [0.15, 0.2) is 0 Å². The zero-order chi connectivity index (χ0) is 11.6. The van der Waals surface area contributed by atoms with E-state index < -0.39 is 4.92 Å². The molecule has 0 fully saturated rings. The fourth-order valence-corrected chi connectivity index (χ4v) is 1.45. The first-order valence-electron chi connectivity index (χ1n) is 4.24. The lowest BCUT2D eigenvalue weighted by Gasteiger charge is -2.16. The van der Waals surface area contributed by atoms with Crippen molar-refractivity contribution in [2.75, 3.05) is 14.1 Å². The smallest absolute Gasteiger partial charge is 0.280 e. The van der Waals surface area contributed by atoms with Crippen LogP contribution in [0.15, 0.2) is 24.8 Å². The molecule has 0 bridgehead atoms. The highest BCUT2D eigenvalue weighted by Crippen LogP contribution is 2.32. The highest BCUT2D eigenvalue weighted by molar-refractivity contribution is 6.32. The molecule has 0 aliphatic carbocycles. The van der Waals surface area contributed by atoms with Crippen LogP contribution in [0.25, 0.3) is 5.70 Å². The summed E-state index contributed by atoms with van der Waals surface area (Å²) in [7, 11) is 3.52. The number of rotatable bonds is 3. The summed E-state index contributed by atoms with van der Waals surface area (Å²) in [5.41, 5.74) is 0.864. The first-order valence-corrected chi connectivity index (χ1v) is 4.62. The molecule has 0 aliphatic heterocycles. The average Bonchev–Trinajstić information content (AvgIpc) is 2.16. The molecule has 15 heavy (non-hydrogen) atoms. The minimum Gasteiger partial charge on any atom is -0.377 e. The Labute approximate surface area is 92.9 Å². The lowest BCUT2D eigenvalue weighted by molar-refractivity contribution is -0.385. The van der Waals surface area contributed by atoms with Crippen molar-refractivity contribution in [1.82, 2.24) is 4.90 Å². The zero-order valence-corrected chi connectivity index (χ0v) is 9.28. The number of nitro groups is 1. The van der Waals surface area contributed by atoms with Crippen LogP contribution in [-0.2, 0) is 0 Å². The van der Waals surface area contributed by atoms with Crippen LogP contribution in [-0.4, -0.2) is 23.9 Å². The molecule has 4 nitrogen and oxygen atoms in total. The second-order valence-electron chi connectivity index (χ2n) is 3.23. The molecule has 80 valence electrons. The first-order chi connectivity index (χ1) is 6.95. The van der Waals surface area contributed by atoms with E-state index in [-0.39, 0.29) is 5.69 Å². The van der Waals surface area contributed by atoms with Gasteiger partial charge in [-0.1, -0.05) is 24.2 Å². The quantitative estimate of drug-likeness (QED) is 0.588. The van der Waals surface area contributed by atoms with Gasteiger partial charge in [0, 0.05) is 25.9 Å². The van der Waals surface area contributed by atoms with Crippen molar-refractivity contribution in [2.45, 2.75) is 0 Å². The van der Waals surface area contributed by atoms with Crippen LogP contribution < -0.4 is 0 Å². The maximum Gasteiger partial charge on any atom is 0.280 e. The molecule has 0 saturated heterocycles. The topological polar surface area (TPSA) is 46.4 Å². The molecule has 5 heteroatoms. The molecule has 0 aromatic heterocycles. The Morgan fingerprint density at radius 1 is 1.53 bits per heavy atom. The van der Waals surface area contributed by atoms with E-state index >= 15 is 0 Å². The van der Waals surface area contributed by atoms with Crippen LogP contribution >= 0.6 is 11.6 Å². The summed E-state index contributed by atoms with van der Waals surface area (Å²) >= 11 is 5.92. The van der Waals surface area contributed by atoms with E-state index in [0.29, 0.717) is 16.3 Å². The Balaban J connectivity index is 3.37. The normalized spacial score (nSPS) is 9.80. The number of hydrogen-bond donors (Lipinski definition) is 0. The Hall–Kier alpha value is -1.55. The second-order valence-corrected chi connectivity index (χ2v) is 3.64. The number of nitro benzene ring substituents is 1. The van der Waals surface area contributed by atoms with Crippen molar-refractivity contribution in [2.24, 2.45) is 0 Å². The van der Waals surface area contributed by atoms with Crippen molar-refractivity contribution in [3.8, 4) is 0 Å². The summed E-state index contributed by atoms with van der Waals surface area (Å²) in [5, 5.41) is 11.1. The van der Waals surface area contributed by atoms with E-state index in [9.17, 15) is 10.1 Å². The van der Waals surface area contributed by atoms with E-state index in [1.54, 1.807) is 31.1 Å². The predicted molar refractivity (Wildman–Crippen MR) is 60.8 cm³/mol. The monoisotopic (exact) mass is 226 g/mol. The van der Waals surface area contributed by atoms with Crippen LogP contribution in [0, 0.1) is 10.1 Å². The fraction of sp³-hybridized carbons (Fsp3) is 0.200. The lowest BCUT2D eigenvalue weighted by atomic mass is 10.1. The van der Waals surface area contributed by atoms with Gasteiger partial charge in [-0.2, -0.15) is 0 Å². The molecule has 0 aliphatic rings. The van der Waals surface area contributed by atoms with Crippen molar-refractivity contribution in [1.29, 1.82) is 0 Å². The molecule has 1 aromatic rings. The van der Waals surface area contributed by atoms with Gasteiger partial charge < -0.3 is 4.90 Å². The van der Waals surface area contributed by atoms with Gasteiger partial charge in [-0.05, 0) is 6.07 Å². The maximum absolute atomic E-state index is 10.8. The SMILES string of the molecule is C=C(c1c(Cl)cccc1[N+](=O)[O-])N(C)C. The Morgan fingerprint density at radius 2 is 2.13 bits per heavy atom. The second kappa shape index (κ2) is 4.31. The van der Waals surface area contributed by atoms with Gasteiger partial charge in [0.25, 0.3) is 5.69 Å². The highest BCUT2D eigenvalue weighted by atomic mass is 35.5. The van der Waals surface area contributed by atoms with Gasteiger partial charge in [-0.15, -0.1) is 0 Å². The van der Waals surface area contributed by atoms with E-state index in [2.05, 4.69) is 6.58 Å². The summed E-state index contributed by atoms with van der Waals surface area (Å²) in [6.45, 7) is 3.77. The number of nitrogens with zero attached hydrogens (tertiary/aromatic N) is 2. The Bertz CT molecular complexity index is 416. The van der Waals surface area contributed by atoms with Crippen LogP contribution in [0.4, 0.5) is 5.69 Å². The zero-order valence-electron chi connectivity index (χ0n) is 8.53. The third-order valence-corrected chi connectivity index (χ3v) is 2.33. The minimum absolute atomic E-state index is 0.0267. The number of halogens is 1. The Kier molecular flexibility index (Phi) is 3.31. The van der Waals surface area contributed by atoms with Gasteiger partial charge in [0.1, 0.15) is 0 Å². The van der Waals surface area contributed by atoms with Crippen LogP contribution in [0.2, 0.25) is 5.02 Å². The highest BCUT2D eigenvalue weighted by Gasteiger charge is 2.19. The molecule has 1 aromatic carbocycles. The van der Waals surface area contributed by atoms with Crippen molar-refractivity contribution in [3.63, 3.8) is 0 Å². The largest absolute Gasteiger partial charge is 0.377 e. The first kappa shape index (κ1) is 11.5. The molecule has 0 unspecified atom stereocenters. The molecular weight excluding hydrogens is 216 g/mol. The lowest BCUT2D eigenvalue weighted by Crippen LogP contribution is -2.10. The molecule has 0 amide bonds. The fourth-order valence-electron chi connectivity index (χ4n) is 1.17. The molecule has 0 heterocycles. The van der Waals surface area contributed by atoms with Gasteiger partial charge in [0.05, 0.1) is 15.5 Å². The minimum atomic E-state index is -0.462. The van der Waals surface area contributed by atoms with Gasteiger partial charge in [0.2, 0.25) is 0 Å². The molecule has 0 N–H and O–H groups in total. The van der Waals surface area contributed by atoms with Crippen molar-refractivity contribution >= 4 is 23.0 Å². The van der Waals surface area contributed by atoms with E-state index in [1.165, 1.54) is 6.07 Å². The Morgan fingerprint density at radius 3 is 2.60 bits per heavy atom. The summed E-state index contributed by atoms with van der Waals surface area (Å²) in [6.07, 6.45) is 0. The third-order valence-electron chi connectivity index (χ3n) is 2.02. The van der Waals surface area contributed by atoms with Crippen molar-refractivity contribution in [3.05, 3.63) is 45.5 Å². The average molecular weight is 227 g/mol. The third kappa shape index (κ3) is 2.27. The summed E-state index contributed by atoms with van der Waals surface area (Å²) in [6, 6.07) is 4.57. The molecule has 0 saturated carbocycles. The molecule has 0 atom stereocenters. The number of hydrogen-bond acceptors (Lipinski definition) is 3. The van der Waals surface area contributed by atoms with E-state index in [4.69, 9.17) is 11.6 Å². The van der Waals surface area contributed by atoms with Crippen LogP contribution in [0.1, 0.15) is 5.56 Å². The summed E-state index contributed by atoms with van der Waals surface area (Å²) in [5.74, 6) is 0. The molecule has 0 spiro atoms. The van der Waals surface area contributed by atoms with Gasteiger partial charge in [-0.25, -0.2) is 0 Å². The molecular formula is C10H11ClN2O2. The summed E-state index contributed by atoms with van der Waals surface area (Å²) in [4.78, 5) is 12.0. The molecule has 0 radical (unpaired) electrons. The van der Waals surface area contributed by atoms with E-state index in [0.717, 1.165) is 0 Å². The standard InChI is InChI=1S/C10H11ClN2O2/c1-7(12(2)3)10-8(11)5-4-6-9(10)13(14)15/h4-6H,1H2,2-3H3. The van der Waals surface area contributed by atoms with Crippen LogP contribution in [0.3, 0.4) is 0 Å². The van der Waals surface area contributed by atoms with Crippen LogP contribution in [0.5, 0.6) is 0 Å². The predicted octanol–water partition coefficient (Wildman–Crippen LogP) is 2.78. The summed E-state index contributed by atoms with van der Waals surface area (Å²) < 4.78 is 0.